The average Bonchev–Trinajstić information content (AvgIpc) is 2.21. The van der Waals surface area contributed by atoms with E-state index in [0.29, 0.717) is 12.1 Å². The van der Waals surface area contributed by atoms with Crippen LogP contribution in [0.3, 0.4) is 0 Å². The molecule has 7 heteroatoms. The number of ether oxygens (including phenoxy) is 1. The second-order valence-electron chi connectivity index (χ2n) is 4.47. The van der Waals surface area contributed by atoms with E-state index >= 15 is 0 Å². The second kappa shape index (κ2) is 4.75. The molecule has 1 aliphatic rings. The molecule has 0 bridgehead atoms. The summed E-state index contributed by atoms with van der Waals surface area (Å²) in [6, 6.07) is 5.00. The summed E-state index contributed by atoms with van der Waals surface area (Å²) in [4.78, 5) is -0.0450. The molecule has 1 saturated carbocycles. The molecule has 100 valence electrons. The van der Waals surface area contributed by atoms with E-state index in [1.54, 1.807) is 19.2 Å². The number of anilines is 2. The highest BCUT2D eigenvalue weighted by molar-refractivity contribution is 7.89. The molecule has 0 unspecified atom stereocenters. The highest BCUT2D eigenvalue weighted by atomic mass is 32.2. The van der Waals surface area contributed by atoms with Crippen LogP contribution in [-0.4, -0.2) is 27.7 Å². The van der Waals surface area contributed by atoms with Gasteiger partial charge in [0, 0.05) is 18.8 Å². The first kappa shape index (κ1) is 13.1. The lowest BCUT2D eigenvalue weighted by Crippen LogP contribution is -2.40. The van der Waals surface area contributed by atoms with Crippen molar-refractivity contribution in [1.82, 2.24) is 0 Å². The van der Waals surface area contributed by atoms with Gasteiger partial charge in [-0.15, -0.1) is 0 Å². The van der Waals surface area contributed by atoms with E-state index in [-0.39, 0.29) is 10.6 Å². The molecule has 0 heterocycles. The van der Waals surface area contributed by atoms with Crippen LogP contribution in [0.4, 0.5) is 11.4 Å². The van der Waals surface area contributed by atoms with Crippen LogP contribution in [0.2, 0.25) is 0 Å². The van der Waals surface area contributed by atoms with Crippen molar-refractivity contribution in [3.05, 3.63) is 18.2 Å². The third-order valence-electron chi connectivity index (χ3n) is 3.12. The molecule has 1 aromatic rings. The zero-order valence-corrected chi connectivity index (χ0v) is 10.9. The molecule has 0 aliphatic heterocycles. The minimum absolute atomic E-state index is 0.0450. The van der Waals surface area contributed by atoms with Crippen LogP contribution < -0.4 is 16.2 Å². The number of hydrogen-bond donors (Lipinski definition) is 3. The van der Waals surface area contributed by atoms with Gasteiger partial charge in [-0.3, -0.25) is 0 Å². The fraction of sp³-hybridized carbons (Fsp3) is 0.455. The van der Waals surface area contributed by atoms with Crippen molar-refractivity contribution in [2.75, 3.05) is 18.2 Å². The summed E-state index contributed by atoms with van der Waals surface area (Å²) in [5, 5.41) is 8.30. The van der Waals surface area contributed by atoms with Crippen molar-refractivity contribution in [3.8, 4) is 0 Å². The van der Waals surface area contributed by atoms with Crippen molar-refractivity contribution >= 4 is 21.4 Å². The number of benzene rings is 1. The highest BCUT2D eigenvalue weighted by Crippen LogP contribution is 2.28. The van der Waals surface area contributed by atoms with Gasteiger partial charge in [0.15, 0.2) is 0 Å². The zero-order valence-electron chi connectivity index (χ0n) is 10.1. The van der Waals surface area contributed by atoms with Crippen molar-refractivity contribution in [2.45, 2.75) is 29.9 Å². The van der Waals surface area contributed by atoms with E-state index in [0.717, 1.165) is 18.5 Å². The normalized spacial score (nSPS) is 23.4. The molecule has 1 fully saturated rings. The summed E-state index contributed by atoms with van der Waals surface area (Å²) < 4.78 is 27.6. The van der Waals surface area contributed by atoms with Crippen molar-refractivity contribution < 1.29 is 13.2 Å². The quantitative estimate of drug-likeness (QED) is 0.691. The lowest BCUT2D eigenvalue weighted by atomic mass is 9.89. The van der Waals surface area contributed by atoms with Crippen molar-refractivity contribution in [1.29, 1.82) is 0 Å². The van der Waals surface area contributed by atoms with Gasteiger partial charge in [-0.2, -0.15) is 0 Å². The molecule has 0 amide bonds. The average molecular weight is 271 g/mol. The molecule has 0 atom stereocenters. The summed E-state index contributed by atoms with van der Waals surface area (Å²) in [6.45, 7) is 0. The molecular weight excluding hydrogens is 254 g/mol. The Morgan fingerprint density at radius 3 is 2.56 bits per heavy atom. The molecule has 0 radical (unpaired) electrons. The minimum atomic E-state index is -3.76. The summed E-state index contributed by atoms with van der Waals surface area (Å²) in [7, 11) is -2.06. The van der Waals surface area contributed by atoms with E-state index in [2.05, 4.69) is 5.32 Å². The number of nitrogens with one attached hydrogen (secondary N) is 1. The van der Waals surface area contributed by atoms with Gasteiger partial charge < -0.3 is 15.8 Å². The fourth-order valence-electron chi connectivity index (χ4n) is 2.01. The topological polar surface area (TPSA) is 107 Å². The fourth-order valence-corrected chi connectivity index (χ4v) is 2.65. The SMILES string of the molecule is COC1CC(Nc2ccc(S(N)(=O)=O)c(N)c2)C1. The summed E-state index contributed by atoms with van der Waals surface area (Å²) >= 11 is 0. The Morgan fingerprint density at radius 1 is 1.39 bits per heavy atom. The Labute approximate surface area is 106 Å². The molecule has 6 nitrogen and oxygen atoms in total. The van der Waals surface area contributed by atoms with Gasteiger partial charge >= 0.3 is 0 Å². The first-order valence-corrected chi connectivity index (χ1v) is 7.16. The van der Waals surface area contributed by atoms with Gasteiger partial charge in [-0.1, -0.05) is 0 Å². The zero-order chi connectivity index (χ0) is 13.3. The maximum atomic E-state index is 11.2. The highest BCUT2D eigenvalue weighted by Gasteiger charge is 2.28. The Kier molecular flexibility index (Phi) is 3.47. The summed E-state index contributed by atoms with van der Waals surface area (Å²) in [5.74, 6) is 0. The van der Waals surface area contributed by atoms with Crippen LogP contribution in [-0.2, 0) is 14.8 Å². The Morgan fingerprint density at radius 2 is 2.06 bits per heavy atom. The predicted molar refractivity (Wildman–Crippen MR) is 69.7 cm³/mol. The van der Waals surface area contributed by atoms with Crippen molar-refractivity contribution in [3.63, 3.8) is 0 Å². The van der Waals surface area contributed by atoms with Gasteiger partial charge in [0.2, 0.25) is 10.0 Å². The number of rotatable bonds is 4. The van der Waals surface area contributed by atoms with Crippen LogP contribution in [0, 0.1) is 0 Å². The van der Waals surface area contributed by atoms with E-state index < -0.39 is 10.0 Å². The smallest absolute Gasteiger partial charge is 0.240 e. The van der Waals surface area contributed by atoms with Crippen LogP contribution in [0.5, 0.6) is 0 Å². The maximum absolute atomic E-state index is 11.2. The van der Waals surface area contributed by atoms with Gasteiger partial charge in [-0.25, -0.2) is 13.6 Å². The lowest BCUT2D eigenvalue weighted by molar-refractivity contribution is 0.0329. The molecular formula is C11H17N3O3S. The number of primary sulfonamides is 1. The molecule has 2 rings (SSSR count). The number of sulfonamides is 1. The maximum Gasteiger partial charge on any atom is 0.240 e. The molecule has 18 heavy (non-hydrogen) atoms. The van der Waals surface area contributed by atoms with Crippen LogP contribution in [0.1, 0.15) is 12.8 Å². The number of nitrogen functional groups attached to an aromatic ring is 1. The van der Waals surface area contributed by atoms with Gasteiger partial charge in [0.05, 0.1) is 11.8 Å². The summed E-state index contributed by atoms with van der Waals surface area (Å²) in [6.07, 6.45) is 2.18. The molecule has 1 aromatic carbocycles. The van der Waals surface area contributed by atoms with E-state index in [1.807, 2.05) is 0 Å². The second-order valence-corrected chi connectivity index (χ2v) is 6.00. The van der Waals surface area contributed by atoms with E-state index in [9.17, 15) is 8.42 Å². The Hall–Kier alpha value is -1.31. The number of methoxy groups -OCH3 is 1. The largest absolute Gasteiger partial charge is 0.398 e. The van der Waals surface area contributed by atoms with Crippen LogP contribution in [0.15, 0.2) is 23.1 Å². The van der Waals surface area contributed by atoms with E-state index in [4.69, 9.17) is 15.6 Å². The molecule has 0 aromatic heterocycles. The first-order chi connectivity index (χ1) is 8.40. The van der Waals surface area contributed by atoms with Gasteiger partial charge in [0.1, 0.15) is 4.90 Å². The predicted octanol–water partition coefficient (Wildman–Crippen LogP) is 0.506. The van der Waals surface area contributed by atoms with E-state index in [1.165, 1.54) is 6.07 Å². The van der Waals surface area contributed by atoms with Gasteiger partial charge in [0.25, 0.3) is 0 Å². The molecule has 0 saturated heterocycles. The standard InChI is InChI=1S/C11H17N3O3S/c1-17-9-4-8(5-9)14-7-2-3-11(10(12)6-7)18(13,15)16/h2-3,6,8-9,14H,4-5,12H2,1H3,(H2,13,15,16). The Bertz CT molecular complexity index is 538. The molecule has 1 aliphatic carbocycles. The third kappa shape index (κ3) is 2.74. The van der Waals surface area contributed by atoms with Crippen LogP contribution in [0.25, 0.3) is 0 Å². The van der Waals surface area contributed by atoms with Gasteiger partial charge in [-0.05, 0) is 31.0 Å². The number of hydrogen-bond acceptors (Lipinski definition) is 5. The van der Waals surface area contributed by atoms with Crippen molar-refractivity contribution in [2.24, 2.45) is 5.14 Å². The van der Waals surface area contributed by atoms with Crippen LogP contribution >= 0.6 is 0 Å². The third-order valence-corrected chi connectivity index (χ3v) is 4.10. The first-order valence-electron chi connectivity index (χ1n) is 5.62. The summed E-state index contributed by atoms with van der Waals surface area (Å²) in [5.41, 5.74) is 6.62. The molecule has 0 spiro atoms. The monoisotopic (exact) mass is 271 g/mol. The molecule has 5 N–H and O–H groups in total. The lowest BCUT2D eigenvalue weighted by Gasteiger charge is -2.35. The minimum Gasteiger partial charge on any atom is -0.398 e. The number of nitrogens with two attached hydrogens (primary N) is 2. The Balaban J connectivity index is 2.06.